The van der Waals surface area contributed by atoms with Gasteiger partial charge in [0.1, 0.15) is 5.82 Å². The van der Waals surface area contributed by atoms with Crippen molar-refractivity contribution in [2.75, 3.05) is 6.54 Å². The molecule has 0 aliphatic heterocycles. The lowest BCUT2D eigenvalue weighted by Crippen LogP contribution is -2.31. The summed E-state index contributed by atoms with van der Waals surface area (Å²) in [5, 5.41) is 0.731. The smallest absolute Gasteiger partial charge is 0.222 e. The maximum Gasteiger partial charge on any atom is 0.222 e. The summed E-state index contributed by atoms with van der Waals surface area (Å²) >= 11 is 6.21. The maximum atomic E-state index is 12.0. The highest BCUT2D eigenvalue weighted by atomic mass is 35.5. The van der Waals surface area contributed by atoms with Gasteiger partial charge in [-0.25, -0.2) is 4.98 Å². The van der Waals surface area contributed by atoms with Crippen LogP contribution in [0.2, 0.25) is 5.02 Å². The van der Waals surface area contributed by atoms with Crippen LogP contribution in [0.15, 0.2) is 49.3 Å². The second-order valence-corrected chi connectivity index (χ2v) is 5.39. The molecule has 5 heteroatoms. The van der Waals surface area contributed by atoms with Crippen molar-refractivity contribution in [2.45, 2.75) is 26.4 Å². The number of benzene rings is 1. The Bertz CT molecular complexity index is 651. The Balaban J connectivity index is 2.16. The predicted octanol–water partition coefficient (Wildman–Crippen LogP) is 3.51. The number of aromatic nitrogens is 2. The topological polar surface area (TPSA) is 38.1 Å². The summed E-state index contributed by atoms with van der Waals surface area (Å²) < 4.78 is 2.01. The van der Waals surface area contributed by atoms with Gasteiger partial charge in [-0.05, 0) is 11.6 Å². The van der Waals surface area contributed by atoms with Gasteiger partial charge in [0, 0.05) is 30.4 Å². The van der Waals surface area contributed by atoms with Crippen LogP contribution < -0.4 is 0 Å². The van der Waals surface area contributed by atoms with Crippen LogP contribution in [0.25, 0.3) is 0 Å². The number of halogens is 1. The Labute approximate surface area is 136 Å². The first-order valence-electron chi connectivity index (χ1n) is 7.27. The molecule has 1 amide bonds. The van der Waals surface area contributed by atoms with E-state index in [1.165, 1.54) is 0 Å². The Morgan fingerprint density at radius 1 is 1.45 bits per heavy atom. The lowest BCUT2D eigenvalue weighted by Gasteiger charge is -2.21. The summed E-state index contributed by atoms with van der Waals surface area (Å²) in [6, 6.07) is 7.73. The van der Waals surface area contributed by atoms with E-state index in [1.807, 2.05) is 42.0 Å². The fourth-order valence-corrected chi connectivity index (χ4v) is 2.45. The van der Waals surface area contributed by atoms with Crippen LogP contribution >= 0.6 is 11.6 Å². The molecule has 1 aromatic carbocycles. The molecule has 0 radical (unpaired) electrons. The Morgan fingerprint density at radius 2 is 2.23 bits per heavy atom. The van der Waals surface area contributed by atoms with Crippen LogP contribution in [-0.4, -0.2) is 26.9 Å². The van der Waals surface area contributed by atoms with E-state index in [-0.39, 0.29) is 5.91 Å². The van der Waals surface area contributed by atoms with Gasteiger partial charge in [0.25, 0.3) is 0 Å². The van der Waals surface area contributed by atoms with Gasteiger partial charge in [0.2, 0.25) is 5.91 Å². The molecule has 0 saturated carbocycles. The zero-order chi connectivity index (χ0) is 15.9. The highest BCUT2D eigenvalue weighted by molar-refractivity contribution is 6.31. The number of hydrogen-bond donors (Lipinski definition) is 0. The van der Waals surface area contributed by atoms with Gasteiger partial charge in [-0.3, -0.25) is 4.79 Å². The average molecular weight is 318 g/mol. The van der Waals surface area contributed by atoms with E-state index in [0.717, 1.165) is 16.4 Å². The molecule has 0 spiro atoms. The first-order valence-corrected chi connectivity index (χ1v) is 7.65. The molecule has 0 unspecified atom stereocenters. The number of rotatable bonds is 7. The van der Waals surface area contributed by atoms with Crippen LogP contribution in [0.1, 0.15) is 24.7 Å². The molecular weight excluding hydrogens is 298 g/mol. The van der Waals surface area contributed by atoms with Crippen molar-refractivity contribution in [1.29, 1.82) is 0 Å². The first kappa shape index (κ1) is 16.3. The molecule has 2 rings (SSSR count). The maximum absolute atomic E-state index is 12.0. The van der Waals surface area contributed by atoms with Gasteiger partial charge < -0.3 is 9.47 Å². The molecule has 0 N–H and O–H groups in total. The van der Waals surface area contributed by atoms with Crippen LogP contribution in [0.5, 0.6) is 0 Å². The Hall–Kier alpha value is -2.07. The molecule has 4 nitrogen and oxygen atoms in total. The minimum absolute atomic E-state index is 0.0900. The fourth-order valence-electron chi connectivity index (χ4n) is 2.25. The van der Waals surface area contributed by atoms with Gasteiger partial charge in [-0.1, -0.05) is 42.8 Å². The number of hydrogen-bond acceptors (Lipinski definition) is 2. The third kappa shape index (κ3) is 3.98. The molecule has 1 aromatic heterocycles. The highest BCUT2D eigenvalue weighted by Crippen LogP contribution is 2.17. The van der Waals surface area contributed by atoms with Crippen LogP contribution in [-0.2, 0) is 17.9 Å². The zero-order valence-electron chi connectivity index (χ0n) is 12.7. The minimum Gasteiger partial charge on any atom is -0.332 e. The monoisotopic (exact) mass is 317 g/mol. The van der Waals surface area contributed by atoms with Crippen molar-refractivity contribution in [3.63, 3.8) is 0 Å². The number of nitrogens with zero attached hydrogens (tertiary/aromatic N) is 3. The molecule has 0 aliphatic rings. The number of imidazole rings is 1. The molecule has 0 aliphatic carbocycles. The summed E-state index contributed by atoms with van der Waals surface area (Å²) in [5.41, 5.74) is 1.03. The molecule has 0 bridgehead atoms. The van der Waals surface area contributed by atoms with Gasteiger partial charge >= 0.3 is 0 Å². The minimum atomic E-state index is 0.0900. The number of carbonyl (C=O) groups is 1. The normalized spacial score (nSPS) is 10.5. The van der Waals surface area contributed by atoms with Crippen LogP contribution in [0, 0.1) is 0 Å². The largest absolute Gasteiger partial charge is 0.332 e. The Kier molecular flexibility index (Phi) is 5.78. The number of carbonyl (C=O) groups excluding carboxylic acids is 1. The van der Waals surface area contributed by atoms with Gasteiger partial charge in [-0.2, -0.15) is 0 Å². The molecule has 0 fully saturated rings. The summed E-state index contributed by atoms with van der Waals surface area (Å²) in [7, 11) is 0. The lowest BCUT2D eigenvalue weighted by atomic mass is 10.2. The summed E-state index contributed by atoms with van der Waals surface area (Å²) in [6.45, 7) is 7.19. The highest BCUT2D eigenvalue weighted by Gasteiger charge is 2.14. The molecular formula is C17H20ClN3O. The molecule has 0 atom stereocenters. The van der Waals surface area contributed by atoms with E-state index < -0.39 is 0 Å². The van der Waals surface area contributed by atoms with Crippen molar-refractivity contribution in [2.24, 2.45) is 0 Å². The van der Waals surface area contributed by atoms with E-state index in [2.05, 4.69) is 11.6 Å². The van der Waals surface area contributed by atoms with E-state index in [1.54, 1.807) is 17.2 Å². The van der Waals surface area contributed by atoms with Crippen molar-refractivity contribution < 1.29 is 4.79 Å². The van der Waals surface area contributed by atoms with Gasteiger partial charge in [0.15, 0.2) is 0 Å². The summed E-state index contributed by atoms with van der Waals surface area (Å²) in [4.78, 5) is 18.1. The van der Waals surface area contributed by atoms with Crippen molar-refractivity contribution in [3.05, 3.63) is 65.7 Å². The van der Waals surface area contributed by atoms with Crippen LogP contribution in [0.4, 0.5) is 0 Å². The zero-order valence-corrected chi connectivity index (χ0v) is 13.5. The third-order valence-electron chi connectivity index (χ3n) is 3.44. The van der Waals surface area contributed by atoms with Gasteiger partial charge in [0.05, 0.1) is 13.1 Å². The fraction of sp³-hybridized carbons (Fsp3) is 0.294. The predicted molar refractivity (Wildman–Crippen MR) is 88.7 cm³/mol. The standard InChI is InChI=1S/C17H20ClN3O/c1-3-10-21(17(22)4-2)13-16-19-9-11-20(16)12-14-7-5-6-8-15(14)18/h3,5-9,11H,1,4,10,12-13H2,2H3. The van der Waals surface area contributed by atoms with E-state index in [0.29, 0.717) is 26.1 Å². The van der Waals surface area contributed by atoms with Crippen molar-refractivity contribution in [1.82, 2.24) is 14.5 Å². The summed E-state index contributed by atoms with van der Waals surface area (Å²) in [5.74, 6) is 0.927. The third-order valence-corrected chi connectivity index (χ3v) is 3.81. The average Bonchev–Trinajstić information content (AvgIpc) is 2.95. The molecule has 116 valence electrons. The van der Waals surface area contributed by atoms with E-state index in [4.69, 9.17) is 11.6 Å². The second-order valence-electron chi connectivity index (χ2n) is 4.98. The molecule has 1 heterocycles. The lowest BCUT2D eigenvalue weighted by molar-refractivity contribution is -0.131. The van der Waals surface area contributed by atoms with Crippen molar-refractivity contribution >= 4 is 17.5 Å². The molecule has 0 saturated heterocycles. The quantitative estimate of drug-likeness (QED) is 0.733. The molecule has 2 aromatic rings. The Morgan fingerprint density at radius 3 is 2.91 bits per heavy atom. The second kappa shape index (κ2) is 7.80. The first-order chi connectivity index (χ1) is 10.7. The van der Waals surface area contributed by atoms with Gasteiger partial charge in [-0.15, -0.1) is 6.58 Å². The number of amides is 1. The SMILES string of the molecule is C=CCN(Cc1nccn1Cc1ccccc1Cl)C(=O)CC. The van der Waals surface area contributed by atoms with Crippen molar-refractivity contribution in [3.8, 4) is 0 Å². The summed E-state index contributed by atoms with van der Waals surface area (Å²) in [6.07, 6.45) is 5.85. The van der Waals surface area contributed by atoms with E-state index >= 15 is 0 Å². The van der Waals surface area contributed by atoms with E-state index in [9.17, 15) is 4.79 Å². The van der Waals surface area contributed by atoms with Crippen LogP contribution in [0.3, 0.4) is 0 Å². The molecule has 22 heavy (non-hydrogen) atoms.